The van der Waals surface area contributed by atoms with E-state index in [-0.39, 0.29) is 0 Å². The Morgan fingerprint density at radius 1 is 1.20 bits per heavy atom. The van der Waals surface area contributed by atoms with Gasteiger partial charge in [-0.1, -0.05) is 13.3 Å². The summed E-state index contributed by atoms with van der Waals surface area (Å²) >= 11 is 0. The van der Waals surface area contributed by atoms with Gasteiger partial charge in [-0.05, 0) is 37.2 Å². The van der Waals surface area contributed by atoms with Crippen LogP contribution >= 0.6 is 0 Å². The van der Waals surface area contributed by atoms with Crippen molar-refractivity contribution in [2.75, 3.05) is 20.1 Å². The predicted molar refractivity (Wildman–Crippen MR) is 93.6 cm³/mol. The molecule has 3 rings (SSSR count). The van der Waals surface area contributed by atoms with E-state index in [9.17, 15) is 0 Å². The number of rotatable bonds is 8. The van der Waals surface area contributed by atoms with Gasteiger partial charge in [0.05, 0.1) is 13.1 Å². The van der Waals surface area contributed by atoms with Gasteiger partial charge in [0.1, 0.15) is 11.6 Å². The van der Waals surface area contributed by atoms with Gasteiger partial charge < -0.3 is 4.57 Å². The molecule has 2 aromatic rings. The van der Waals surface area contributed by atoms with Gasteiger partial charge in [-0.3, -0.25) is 9.80 Å². The molecule has 1 unspecified atom stereocenters. The van der Waals surface area contributed by atoms with Crippen molar-refractivity contribution in [3.05, 3.63) is 17.5 Å². The normalized spacial score (nSPS) is 18.5. The topological polar surface area (TPSA) is 80.8 Å². The molecule has 0 saturated carbocycles. The van der Waals surface area contributed by atoms with Gasteiger partial charge in [-0.25, -0.2) is 4.68 Å². The van der Waals surface area contributed by atoms with Crippen LogP contribution in [0.4, 0.5) is 0 Å². The van der Waals surface area contributed by atoms with Crippen molar-refractivity contribution in [1.29, 1.82) is 0 Å². The van der Waals surface area contributed by atoms with Crippen molar-refractivity contribution in [2.45, 2.75) is 58.8 Å². The average Bonchev–Trinajstić information content (AvgIpc) is 3.31. The number of unbranched alkanes of at least 4 members (excludes halogenated alkanes) is 1. The van der Waals surface area contributed by atoms with Crippen molar-refractivity contribution in [3.8, 4) is 0 Å². The molecule has 25 heavy (non-hydrogen) atoms. The number of likely N-dealkylation sites (N-methyl/N-ethyl adjacent to an activating group) is 1. The number of aryl methyl sites for hydroxylation is 2. The minimum Gasteiger partial charge on any atom is -0.317 e. The molecule has 2 aromatic heterocycles. The van der Waals surface area contributed by atoms with Gasteiger partial charge in [0.2, 0.25) is 0 Å². The van der Waals surface area contributed by atoms with E-state index in [4.69, 9.17) is 0 Å². The number of likely N-dealkylation sites (tertiary alicyclic amines) is 1. The fraction of sp³-hybridized carbons (Fsp3) is 0.812. The molecule has 1 saturated heterocycles. The Bertz CT molecular complexity index is 677. The predicted octanol–water partition coefficient (Wildman–Crippen LogP) is 0.616. The monoisotopic (exact) mass is 347 g/mol. The van der Waals surface area contributed by atoms with Gasteiger partial charge in [0.25, 0.3) is 0 Å². The Hall–Kier alpha value is -1.87. The number of nitrogens with zero attached hydrogens (tertiary/aromatic N) is 9. The molecule has 0 N–H and O–H groups in total. The van der Waals surface area contributed by atoms with Crippen molar-refractivity contribution in [3.63, 3.8) is 0 Å². The minimum atomic E-state index is 0.525. The third-order valence-corrected chi connectivity index (χ3v) is 5.14. The summed E-state index contributed by atoms with van der Waals surface area (Å²) in [5.74, 6) is 2.94. The largest absolute Gasteiger partial charge is 0.317 e. The first-order chi connectivity index (χ1) is 12.1. The fourth-order valence-electron chi connectivity index (χ4n) is 3.27. The van der Waals surface area contributed by atoms with Crippen molar-refractivity contribution in [2.24, 2.45) is 7.05 Å². The first-order valence-electron chi connectivity index (χ1n) is 9.11. The van der Waals surface area contributed by atoms with Gasteiger partial charge >= 0.3 is 0 Å². The molecule has 9 nitrogen and oxygen atoms in total. The summed E-state index contributed by atoms with van der Waals surface area (Å²) < 4.78 is 4.01. The minimum absolute atomic E-state index is 0.525. The van der Waals surface area contributed by atoms with Crippen LogP contribution < -0.4 is 0 Å². The lowest BCUT2D eigenvalue weighted by molar-refractivity contribution is 0.214. The third-order valence-electron chi connectivity index (χ3n) is 5.14. The Morgan fingerprint density at radius 3 is 2.76 bits per heavy atom. The average molecular weight is 347 g/mol. The smallest absolute Gasteiger partial charge is 0.165 e. The van der Waals surface area contributed by atoms with E-state index in [2.05, 4.69) is 54.1 Å². The highest BCUT2D eigenvalue weighted by atomic mass is 15.5. The molecule has 0 aromatic carbocycles. The highest BCUT2D eigenvalue weighted by Crippen LogP contribution is 2.18. The summed E-state index contributed by atoms with van der Waals surface area (Å²) in [6.07, 6.45) is 3.42. The second-order valence-corrected chi connectivity index (χ2v) is 6.99. The maximum atomic E-state index is 4.27. The number of aromatic nitrogens is 7. The van der Waals surface area contributed by atoms with Gasteiger partial charge in [0.15, 0.2) is 5.82 Å². The van der Waals surface area contributed by atoms with Crippen LogP contribution in [0.3, 0.4) is 0 Å². The van der Waals surface area contributed by atoms with Crippen LogP contribution in [-0.2, 0) is 26.7 Å². The molecule has 0 spiro atoms. The molecule has 1 aliphatic heterocycles. The third kappa shape index (κ3) is 4.21. The summed E-state index contributed by atoms with van der Waals surface area (Å²) in [6.45, 7) is 8.83. The zero-order chi connectivity index (χ0) is 17.8. The van der Waals surface area contributed by atoms with E-state index >= 15 is 0 Å². The molecular weight excluding hydrogens is 318 g/mol. The summed E-state index contributed by atoms with van der Waals surface area (Å²) in [6, 6.07) is 0.525. The van der Waals surface area contributed by atoms with Crippen LogP contribution in [0.25, 0.3) is 0 Å². The van der Waals surface area contributed by atoms with E-state index < -0.39 is 0 Å². The highest BCUT2D eigenvalue weighted by Gasteiger charge is 2.27. The van der Waals surface area contributed by atoms with E-state index in [0.717, 1.165) is 69.5 Å². The fourth-order valence-corrected chi connectivity index (χ4v) is 3.27. The molecule has 9 heteroatoms. The second kappa shape index (κ2) is 8.01. The lowest BCUT2D eigenvalue weighted by Gasteiger charge is -2.24. The molecule has 0 aliphatic carbocycles. The summed E-state index contributed by atoms with van der Waals surface area (Å²) in [5, 5.41) is 20.6. The Balaban J connectivity index is 1.53. The lowest BCUT2D eigenvalue weighted by atomic mass is 10.2. The first kappa shape index (κ1) is 17.9. The number of hydrogen-bond acceptors (Lipinski definition) is 7. The maximum Gasteiger partial charge on any atom is 0.165 e. The second-order valence-electron chi connectivity index (χ2n) is 6.99. The van der Waals surface area contributed by atoms with Crippen LogP contribution in [-0.4, -0.2) is 71.0 Å². The molecule has 0 radical (unpaired) electrons. The summed E-state index contributed by atoms with van der Waals surface area (Å²) in [5.41, 5.74) is 0. The zero-order valence-electron chi connectivity index (χ0n) is 15.8. The van der Waals surface area contributed by atoms with Gasteiger partial charge in [-0.15, -0.1) is 15.3 Å². The van der Waals surface area contributed by atoms with Crippen LogP contribution in [0.2, 0.25) is 0 Å². The summed E-state index contributed by atoms with van der Waals surface area (Å²) in [7, 11) is 4.19. The highest BCUT2D eigenvalue weighted by molar-refractivity contribution is 4.94. The molecule has 1 aliphatic rings. The van der Waals surface area contributed by atoms with E-state index in [1.807, 2.05) is 18.7 Å². The van der Waals surface area contributed by atoms with Gasteiger partial charge in [0, 0.05) is 32.7 Å². The Morgan fingerprint density at radius 2 is 2.04 bits per heavy atom. The van der Waals surface area contributed by atoms with Crippen molar-refractivity contribution >= 4 is 0 Å². The van der Waals surface area contributed by atoms with Crippen LogP contribution in [0, 0.1) is 6.92 Å². The lowest BCUT2D eigenvalue weighted by Crippen LogP contribution is -2.35. The van der Waals surface area contributed by atoms with Crippen LogP contribution in [0.1, 0.15) is 43.7 Å². The zero-order valence-corrected chi connectivity index (χ0v) is 15.8. The number of tetrazole rings is 1. The SMILES string of the molecule is CCCCn1nnnc1CN1CCC(N(C)Cc2nnc(C)n2C)C1. The molecule has 0 bridgehead atoms. The number of hydrogen-bond donors (Lipinski definition) is 0. The van der Waals surface area contributed by atoms with Crippen molar-refractivity contribution < 1.29 is 0 Å². The standard InChI is InChI=1S/C16H29N9/c1-5-6-8-25-16(19-20-21-25)12-24-9-7-14(10-24)22(3)11-15-18-17-13(2)23(15)4/h14H,5-12H2,1-4H3. The quantitative estimate of drug-likeness (QED) is 0.692. The molecule has 0 amide bonds. The van der Waals surface area contributed by atoms with E-state index in [1.54, 1.807) is 0 Å². The van der Waals surface area contributed by atoms with Gasteiger partial charge in [-0.2, -0.15) is 0 Å². The van der Waals surface area contributed by atoms with E-state index in [0.29, 0.717) is 6.04 Å². The Kier molecular flexibility index (Phi) is 5.74. The summed E-state index contributed by atoms with van der Waals surface area (Å²) in [4.78, 5) is 4.82. The van der Waals surface area contributed by atoms with Crippen LogP contribution in [0.5, 0.6) is 0 Å². The Labute approximate surface area is 149 Å². The van der Waals surface area contributed by atoms with E-state index in [1.165, 1.54) is 0 Å². The maximum absolute atomic E-state index is 4.27. The van der Waals surface area contributed by atoms with Crippen LogP contribution in [0.15, 0.2) is 0 Å². The molecule has 3 heterocycles. The molecule has 138 valence electrons. The molecule has 1 fully saturated rings. The van der Waals surface area contributed by atoms with Crippen molar-refractivity contribution in [1.82, 2.24) is 44.8 Å². The molecule has 1 atom stereocenters. The first-order valence-corrected chi connectivity index (χ1v) is 9.11. The molecular formula is C16H29N9.